The van der Waals surface area contributed by atoms with Crippen LogP contribution in [-0.4, -0.2) is 20.4 Å². The van der Waals surface area contributed by atoms with Gasteiger partial charge in [-0.3, -0.25) is 14.2 Å². The van der Waals surface area contributed by atoms with Crippen LogP contribution in [0.3, 0.4) is 0 Å². The summed E-state index contributed by atoms with van der Waals surface area (Å²) in [4.78, 5) is 34.7. The van der Waals surface area contributed by atoms with Crippen molar-refractivity contribution in [3.8, 4) is 0 Å². The maximum absolute atomic E-state index is 13.5. The Kier molecular flexibility index (Phi) is 4.10. The molecule has 0 unspecified atom stereocenters. The van der Waals surface area contributed by atoms with Gasteiger partial charge in [-0.1, -0.05) is 18.0 Å². The summed E-state index contributed by atoms with van der Waals surface area (Å²) >= 11 is 6.15. The number of aromatic nitrogens is 3. The summed E-state index contributed by atoms with van der Waals surface area (Å²) < 4.78 is 1.67. The molecule has 0 atom stereocenters. The van der Waals surface area contributed by atoms with Crippen LogP contribution in [-0.2, 0) is 5.66 Å². The highest BCUT2D eigenvalue weighted by Gasteiger charge is 2.45. The second-order valence-corrected chi connectivity index (χ2v) is 8.22. The van der Waals surface area contributed by atoms with Gasteiger partial charge in [0.1, 0.15) is 29.2 Å². The maximum Gasteiger partial charge on any atom is 0.276 e. The molecular weight excluding hydrogens is 390 g/mol. The summed E-state index contributed by atoms with van der Waals surface area (Å²) in [6.07, 6.45) is 6.06. The summed E-state index contributed by atoms with van der Waals surface area (Å²) in [7, 11) is 0. The molecule has 1 saturated carbocycles. The highest BCUT2D eigenvalue weighted by Crippen LogP contribution is 2.37. The molecule has 7 nitrogen and oxygen atoms in total. The fraction of sp³-hybridized carbons (Fsp3) is 0.333. The zero-order chi connectivity index (χ0) is 20.2. The van der Waals surface area contributed by atoms with E-state index in [0.717, 1.165) is 48.6 Å². The molecule has 1 spiro atoms. The Bertz CT molecular complexity index is 1210. The van der Waals surface area contributed by atoms with E-state index in [0.29, 0.717) is 22.2 Å². The zero-order valence-corrected chi connectivity index (χ0v) is 16.7. The molecule has 1 aliphatic heterocycles. The Labute approximate surface area is 172 Å². The van der Waals surface area contributed by atoms with Crippen molar-refractivity contribution >= 4 is 39.9 Å². The average Bonchev–Trinajstić information content (AvgIpc) is 2.99. The summed E-state index contributed by atoms with van der Waals surface area (Å²) in [5.41, 5.74) is 1.47. The van der Waals surface area contributed by atoms with Gasteiger partial charge >= 0.3 is 0 Å². The summed E-state index contributed by atoms with van der Waals surface area (Å²) in [6.45, 7) is 1.85. The van der Waals surface area contributed by atoms with Crippen LogP contribution >= 0.6 is 11.6 Å². The number of amides is 1. The minimum Gasteiger partial charge on any atom is -0.335 e. The topological polar surface area (TPSA) is 88.9 Å². The van der Waals surface area contributed by atoms with Crippen molar-refractivity contribution < 1.29 is 4.79 Å². The van der Waals surface area contributed by atoms with Gasteiger partial charge in [0.05, 0.1) is 5.52 Å². The third kappa shape index (κ3) is 2.80. The van der Waals surface area contributed by atoms with Crippen LogP contribution in [0.4, 0.5) is 11.5 Å². The van der Waals surface area contributed by atoms with E-state index in [1.807, 2.05) is 13.0 Å². The van der Waals surface area contributed by atoms with Gasteiger partial charge in [0.15, 0.2) is 0 Å². The van der Waals surface area contributed by atoms with Gasteiger partial charge in [0.2, 0.25) is 0 Å². The molecule has 1 fully saturated rings. The van der Waals surface area contributed by atoms with Crippen LogP contribution in [0.2, 0.25) is 5.02 Å². The fourth-order valence-corrected chi connectivity index (χ4v) is 4.76. The molecule has 5 rings (SSSR count). The summed E-state index contributed by atoms with van der Waals surface area (Å²) in [5, 5.41) is 7.55. The molecule has 0 bridgehead atoms. The van der Waals surface area contributed by atoms with Crippen LogP contribution in [0.1, 0.15) is 48.2 Å². The first kappa shape index (κ1) is 18.1. The normalized spacial score (nSPS) is 17.4. The molecule has 8 heteroatoms. The zero-order valence-electron chi connectivity index (χ0n) is 16.0. The SMILES string of the molecule is Cc1cc(Nc2ncnc3ccc(Cl)cc23)c(=O)n2c1C(=O)NC21CCCCC1. The van der Waals surface area contributed by atoms with Gasteiger partial charge in [-0.05, 0) is 62.4 Å². The number of anilines is 2. The van der Waals surface area contributed by atoms with Gasteiger partial charge in [-0.25, -0.2) is 9.97 Å². The Morgan fingerprint density at radius 1 is 1.14 bits per heavy atom. The van der Waals surface area contributed by atoms with Gasteiger partial charge in [0.25, 0.3) is 11.5 Å². The number of aryl methyl sites for hydroxylation is 1. The largest absolute Gasteiger partial charge is 0.335 e. The van der Waals surface area contributed by atoms with Gasteiger partial charge in [0, 0.05) is 10.4 Å². The standard InChI is InChI=1S/C21H20ClN5O2/c1-12-9-16(25-18-14-10-13(22)5-6-15(14)23-11-24-18)20(29)27-17(12)19(28)26-21(27)7-3-2-4-8-21/h5-6,9-11H,2-4,7-8H2,1H3,(H,26,28)(H,23,24,25). The molecule has 148 valence electrons. The number of nitrogens with one attached hydrogen (secondary N) is 2. The van der Waals surface area contributed by atoms with E-state index in [-0.39, 0.29) is 11.5 Å². The Morgan fingerprint density at radius 2 is 1.93 bits per heavy atom. The predicted octanol–water partition coefficient (Wildman–Crippen LogP) is 3.86. The molecule has 3 aromatic rings. The lowest BCUT2D eigenvalue weighted by Crippen LogP contribution is -2.48. The molecule has 29 heavy (non-hydrogen) atoms. The van der Waals surface area contributed by atoms with Crippen LogP contribution < -0.4 is 16.2 Å². The van der Waals surface area contributed by atoms with Gasteiger partial charge in [-0.15, -0.1) is 0 Å². The third-order valence-corrected chi connectivity index (χ3v) is 6.15. The molecule has 1 aliphatic carbocycles. The molecular formula is C21H20ClN5O2. The summed E-state index contributed by atoms with van der Waals surface area (Å²) in [6, 6.07) is 7.06. The van der Waals surface area contributed by atoms with Crippen molar-refractivity contribution in [1.29, 1.82) is 0 Å². The molecule has 3 heterocycles. The number of pyridine rings is 1. The first-order chi connectivity index (χ1) is 14.0. The van der Waals surface area contributed by atoms with E-state index in [4.69, 9.17) is 11.6 Å². The van der Waals surface area contributed by atoms with E-state index in [2.05, 4.69) is 20.6 Å². The number of carbonyl (C=O) groups excluding carboxylic acids is 1. The van der Waals surface area contributed by atoms with E-state index >= 15 is 0 Å². The predicted molar refractivity (Wildman–Crippen MR) is 112 cm³/mol. The minimum atomic E-state index is -0.624. The van der Waals surface area contributed by atoms with Crippen molar-refractivity contribution in [1.82, 2.24) is 19.9 Å². The van der Waals surface area contributed by atoms with Crippen molar-refractivity contribution in [2.75, 3.05) is 5.32 Å². The Morgan fingerprint density at radius 3 is 2.72 bits per heavy atom. The lowest BCUT2D eigenvalue weighted by Gasteiger charge is -2.35. The van der Waals surface area contributed by atoms with Crippen molar-refractivity contribution in [2.24, 2.45) is 0 Å². The van der Waals surface area contributed by atoms with Gasteiger partial charge in [-0.2, -0.15) is 0 Å². The number of hydrogen-bond donors (Lipinski definition) is 2. The molecule has 2 N–H and O–H groups in total. The first-order valence-corrected chi connectivity index (χ1v) is 10.1. The average molecular weight is 410 g/mol. The highest BCUT2D eigenvalue weighted by molar-refractivity contribution is 6.31. The molecule has 0 radical (unpaired) electrons. The monoisotopic (exact) mass is 409 g/mol. The Balaban J connectivity index is 1.66. The number of halogens is 1. The third-order valence-electron chi connectivity index (χ3n) is 5.91. The molecule has 2 aromatic heterocycles. The Hall–Kier alpha value is -2.93. The minimum absolute atomic E-state index is 0.174. The van der Waals surface area contributed by atoms with E-state index in [1.54, 1.807) is 22.8 Å². The van der Waals surface area contributed by atoms with Crippen molar-refractivity contribution in [3.63, 3.8) is 0 Å². The van der Waals surface area contributed by atoms with Crippen LogP contribution in [0.15, 0.2) is 35.4 Å². The van der Waals surface area contributed by atoms with Crippen LogP contribution in [0.25, 0.3) is 10.9 Å². The number of carbonyl (C=O) groups is 1. The lowest BCUT2D eigenvalue weighted by molar-refractivity contribution is 0.0876. The second kappa shape index (κ2) is 6.56. The number of rotatable bonds is 2. The second-order valence-electron chi connectivity index (χ2n) is 7.79. The van der Waals surface area contributed by atoms with Crippen molar-refractivity contribution in [2.45, 2.75) is 44.7 Å². The quantitative estimate of drug-likeness (QED) is 0.671. The highest BCUT2D eigenvalue weighted by atomic mass is 35.5. The number of nitrogens with zero attached hydrogens (tertiary/aromatic N) is 3. The summed E-state index contributed by atoms with van der Waals surface area (Å²) in [5.74, 6) is 0.330. The van der Waals surface area contributed by atoms with Gasteiger partial charge < -0.3 is 10.6 Å². The van der Waals surface area contributed by atoms with E-state index in [9.17, 15) is 9.59 Å². The number of fused-ring (bicyclic) bond motifs is 3. The molecule has 1 aromatic carbocycles. The van der Waals surface area contributed by atoms with Crippen LogP contribution in [0.5, 0.6) is 0 Å². The molecule has 2 aliphatic rings. The molecule has 1 amide bonds. The smallest absolute Gasteiger partial charge is 0.276 e. The van der Waals surface area contributed by atoms with Crippen molar-refractivity contribution in [3.05, 3.63) is 57.2 Å². The van der Waals surface area contributed by atoms with Crippen LogP contribution in [0, 0.1) is 6.92 Å². The first-order valence-electron chi connectivity index (χ1n) is 9.75. The number of benzene rings is 1. The van der Waals surface area contributed by atoms with E-state index < -0.39 is 5.66 Å². The van der Waals surface area contributed by atoms with E-state index in [1.165, 1.54) is 6.33 Å². The fourth-order valence-electron chi connectivity index (χ4n) is 4.59. The lowest BCUT2D eigenvalue weighted by atomic mass is 9.89. The maximum atomic E-state index is 13.5. The molecule has 0 saturated heterocycles. The number of hydrogen-bond acceptors (Lipinski definition) is 5.